The maximum Gasteiger partial charge on any atom is 0.251 e. The van der Waals surface area contributed by atoms with Crippen LogP contribution in [0.2, 0.25) is 0 Å². The Labute approximate surface area is 183 Å². The molecular formula is C23H30N4O4. The normalized spacial score (nSPS) is 10.6. The van der Waals surface area contributed by atoms with Gasteiger partial charge in [0.05, 0.1) is 19.7 Å². The number of carbonyl (C=O) groups excluding carboxylic acids is 3. The molecule has 0 unspecified atom stereocenters. The first-order chi connectivity index (χ1) is 14.8. The molecule has 0 bridgehead atoms. The second kappa shape index (κ2) is 11.8. The molecule has 3 amide bonds. The highest BCUT2D eigenvalue weighted by Crippen LogP contribution is 2.18. The van der Waals surface area contributed by atoms with Gasteiger partial charge in [-0.1, -0.05) is 18.2 Å². The minimum absolute atomic E-state index is 0.00772. The Kier molecular flexibility index (Phi) is 9.17. The van der Waals surface area contributed by atoms with E-state index >= 15 is 0 Å². The molecule has 0 atom stereocenters. The largest absolute Gasteiger partial charge is 0.383 e. The second-order valence-corrected chi connectivity index (χ2v) is 7.21. The van der Waals surface area contributed by atoms with Crippen LogP contribution in [0.25, 0.3) is 0 Å². The first kappa shape index (κ1) is 24.0. The van der Waals surface area contributed by atoms with Crippen molar-refractivity contribution in [3.05, 3.63) is 59.2 Å². The average Bonchev–Trinajstić information content (AvgIpc) is 2.74. The maximum absolute atomic E-state index is 12.6. The number of hydrogen-bond donors (Lipinski definition) is 3. The van der Waals surface area contributed by atoms with Crippen LogP contribution < -0.4 is 16.0 Å². The third kappa shape index (κ3) is 7.51. The number of ether oxygens (including phenoxy) is 1. The molecule has 8 nitrogen and oxygen atoms in total. The van der Waals surface area contributed by atoms with Gasteiger partial charge in [0.25, 0.3) is 5.91 Å². The van der Waals surface area contributed by atoms with Gasteiger partial charge in [-0.2, -0.15) is 0 Å². The summed E-state index contributed by atoms with van der Waals surface area (Å²) in [6, 6.07) is 12.4. The zero-order chi connectivity index (χ0) is 22.8. The summed E-state index contributed by atoms with van der Waals surface area (Å²) in [6.45, 7) is 4.79. The van der Waals surface area contributed by atoms with Gasteiger partial charge in [-0.15, -0.1) is 0 Å². The van der Waals surface area contributed by atoms with Crippen LogP contribution in [0.15, 0.2) is 42.5 Å². The van der Waals surface area contributed by atoms with Crippen molar-refractivity contribution in [2.45, 2.75) is 13.8 Å². The molecular weight excluding hydrogens is 396 g/mol. The van der Waals surface area contributed by atoms with Crippen LogP contribution in [-0.2, 0) is 14.3 Å². The van der Waals surface area contributed by atoms with Gasteiger partial charge in [-0.25, -0.2) is 0 Å². The zero-order valence-corrected chi connectivity index (χ0v) is 18.5. The predicted octanol–water partition coefficient (Wildman–Crippen LogP) is 2.19. The Morgan fingerprint density at radius 2 is 1.65 bits per heavy atom. The van der Waals surface area contributed by atoms with Crippen molar-refractivity contribution in [2.24, 2.45) is 0 Å². The molecule has 8 heteroatoms. The second-order valence-electron chi connectivity index (χ2n) is 7.21. The Morgan fingerprint density at radius 1 is 0.968 bits per heavy atom. The van der Waals surface area contributed by atoms with E-state index in [1.807, 2.05) is 32.0 Å². The van der Waals surface area contributed by atoms with Crippen molar-refractivity contribution in [3.63, 3.8) is 0 Å². The summed E-state index contributed by atoms with van der Waals surface area (Å²) in [4.78, 5) is 38.6. The Hall–Kier alpha value is -3.23. The molecule has 2 aromatic rings. The van der Waals surface area contributed by atoms with Gasteiger partial charge >= 0.3 is 0 Å². The van der Waals surface area contributed by atoms with Gasteiger partial charge in [-0.05, 0) is 49.2 Å². The molecule has 2 rings (SSSR count). The van der Waals surface area contributed by atoms with Crippen LogP contribution in [-0.4, -0.2) is 63.0 Å². The fourth-order valence-corrected chi connectivity index (χ4v) is 3.00. The fraction of sp³-hybridized carbons (Fsp3) is 0.348. The number of anilines is 2. The average molecular weight is 427 g/mol. The first-order valence-corrected chi connectivity index (χ1v) is 10.0. The van der Waals surface area contributed by atoms with Crippen LogP contribution in [0.5, 0.6) is 0 Å². The third-order valence-electron chi connectivity index (χ3n) is 4.86. The minimum atomic E-state index is -0.287. The van der Waals surface area contributed by atoms with Crippen LogP contribution in [0.1, 0.15) is 21.5 Å². The van der Waals surface area contributed by atoms with Crippen molar-refractivity contribution in [1.29, 1.82) is 0 Å². The highest BCUT2D eigenvalue weighted by molar-refractivity contribution is 5.98. The van der Waals surface area contributed by atoms with Crippen LogP contribution in [0.4, 0.5) is 11.4 Å². The SMILES string of the molecule is CNC(=O)c1cccc(NC(=O)CN(CCOC)CC(=O)Nc2cccc(C)c2C)c1. The van der Waals surface area contributed by atoms with E-state index in [2.05, 4.69) is 16.0 Å². The molecule has 0 heterocycles. The summed E-state index contributed by atoms with van der Waals surface area (Å²) in [6.07, 6.45) is 0. The van der Waals surface area contributed by atoms with E-state index in [1.165, 1.54) is 0 Å². The molecule has 31 heavy (non-hydrogen) atoms. The minimum Gasteiger partial charge on any atom is -0.383 e. The highest BCUT2D eigenvalue weighted by atomic mass is 16.5. The highest BCUT2D eigenvalue weighted by Gasteiger charge is 2.16. The van der Waals surface area contributed by atoms with Crippen LogP contribution >= 0.6 is 0 Å². The lowest BCUT2D eigenvalue weighted by molar-refractivity contribution is -0.120. The lowest BCUT2D eigenvalue weighted by Crippen LogP contribution is -2.40. The topological polar surface area (TPSA) is 99.8 Å². The summed E-state index contributed by atoms with van der Waals surface area (Å²) in [5.74, 6) is -0.732. The number of rotatable bonds is 10. The van der Waals surface area contributed by atoms with Gasteiger partial charge in [-0.3, -0.25) is 19.3 Å². The Morgan fingerprint density at radius 3 is 2.32 bits per heavy atom. The number of methoxy groups -OCH3 is 1. The summed E-state index contributed by atoms with van der Waals surface area (Å²) >= 11 is 0. The van der Waals surface area contributed by atoms with Crippen molar-refractivity contribution in [2.75, 3.05) is 51.0 Å². The predicted molar refractivity (Wildman–Crippen MR) is 121 cm³/mol. The van der Waals surface area contributed by atoms with Gasteiger partial charge < -0.3 is 20.7 Å². The number of aryl methyl sites for hydroxylation is 1. The van der Waals surface area contributed by atoms with Crippen LogP contribution in [0.3, 0.4) is 0 Å². The Bertz CT molecular complexity index is 930. The van der Waals surface area contributed by atoms with E-state index in [0.29, 0.717) is 24.4 Å². The van der Waals surface area contributed by atoms with E-state index in [-0.39, 0.29) is 30.8 Å². The molecule has 0 spiro atoms. The molecule has 0 aliphatic heterocycles. The van der Waals surface area contributed by atoms with Gasteiger partial charge in [0.2, 0.25) is 11.8 Å². The lowest BCUT2D eigenvalue weighted by atomic mass is 10.1. The quantitative estimate of drug-likeness (QED) is 0.541. The van der Waals surface area contributed by atoms with E-state index < -0.39 is 0 Å². The zero-order valence-electron chi connectivity index (χ0n) is 18.5. The number of hydrogen-bond acceptors (Lipinski definition) is 5. The summed E-state index contributed by atoms with van der Waals surface area (Å²) in [5.41, 5.74) is 3.81. The molecule has 0 saturated carbocycles. The van der Waals surface area contributed by atoms with Crippen molar-refractivity contribution >= 4 is 29.1 Å². The molecule has 0 aromatic heterocycles. The van der Waals surface area contributed by atoms with Gasteiger partial charge in [0, 0.05) is 37.6 Å². The van der Waals surface area contributed by atoms with E-state index in [1.54, 1.807) is 43.3 Å². The van der Waals surface area contributed by atoms with Gasteiger partial charge in [0.15, 0.2) is 0 Å². The molecule has 0 fully saturated rings. The summed E-state index contributed by atoms with van der Waals surface area (Å²) in [7, 11) is 3.11. The molecule has 166 valence electrons. The molecule has 0 radical (unpaired) electrons. The molecule has 0 aliphatic carbocycles. The van der Waals surface area contributed by atoms with E-state index in [0.717, 1.165) is 16.8 Å². The molecule has 0 aliphatic rings. The number of nitrogens with one attached hydrogen (secondary N) is 3. The monoisotopic (exact) mass is 426 g/mol. The standard InChI is InChI=1S/C23H30N4O4/c1-16-7-5-10-20(17(16)2)26-22(29)15-27(11-12-31-4)14-21(28)25-19-9-6-8-18(13-19)23(30)24-3/h5-10,13H,11-12,14-15H2,1-4H3,(H,24,30)(H,25,28)(H,26,29). The van der Waals surface area contributed by atoms with Crippen molar-refractivity contribution in [3.8, 4) is 0 Å². The smallest absolute Gasteiger partial charge is 0.251 e. The molecule has 2 aromatic carbocycles. The molecule has 0 saturated heterocycles. The summed E-state index contributed by atoms with van der Waals surface area (Å²) < 4.78 is 5.11. The van der Waals surface area contributed by atoms with E-state index in [9.17, 15) is 14.4 Å². The van der Waals surface area contributed by atoms with Crippen molar-refractivity contribution in [1.82, 2.24) is 10.2 Å². The Balaban J connectivity index is 2.00. The summed E-state index contributed by atoms with van der Waals surface area (Å²) in [5, 5.41) is 8.23. The van der Waals surface area contributed by atoms with Gasteiger partial charge in [0.1, 0.15) is 0 Å². The molecule has 3 N–H and O–H groups in total. The first-order valence-electron chi connectivity index (χ1n) is 10.0. The van der Waals surface area contributed by atoms with Crippen molar-refractivity contribution < 1.29 is 19.1 Å². The number of nitrogens with zero attached hydrogens (tertiary/aromatic N) is 1. The number of amides is 3. The fourth-order valence-electron chi connectivity index (χ4n) is 3.00. The number of benzene rings is 2. The maximum atomic E-state index is 12.6. The van der Waals surface area contributed by atoms with Crippen LogP contribution in [0, 0.1) is 13.8 Å². The number of carbonyl (C=O) groups is 3. The lowest BCUT2D eigenvalue weighted by Gasteiger charge is -2.21. The third-order valence-corrected chi connectivity index (χ3v) is 4.86. The van der Waals surface area contributed by atoms with E-state index in [4.69, 9.17) is 4.74 Å².